The lowest BCUT2D eigenvalue weighted by Crippen LogP contribution is -2.44. The third kappa shape index (κ3) is 2.26. The zero-order valence-electron chi connectivity index (χ0n) is 12.5. The van der Waals surface area contributed by atoms with Crippen LogP contribution in [0.2, 0.25) is 0 Å². The largest absolute Gasteiger partial charge is 0.378 e. The molecule has 0 radical (unpaired) electrons. The van der Waals surface area contributed by atoms with E-state index >= 15 is 0 Å². The van der Waals surface area contributed by atoms with E-state index < -0.39 is 11.9 Å². The first kappa shape index (κ1) is 14.3. The molecule has 118 valence electrons. The maximum atomic E-state index is 10.9. The van der Waals surface area contributed by atoms with Crippen molar-refractivity contribution in [1.82, 2.24) is 20.0 Å². The third-order valence-electron chi connectivity index (χ3n) is 4.28. The highest BCUT2D eigenvalue weighted by Gasteiger charge is 2.51. The molecule has 0 aromatic carbocycles. The van der Waals surface area contributed by atoms with E-state index in [0.717, 1.165) is 17.1 Å². The molecule has 0 amide bonds. The minimum atomic E-state index is -1.21. The van der Waals surface area contributed by atoms with Gasteiger partial charge in [0.15, 0.2) is 11.9 Å². The summed E-state index contributed by atoms with van der Waals surface area (Å²) in [6.07, 6.45) is 2.57. The topological polar surface area (TPSA) is 82.3 Å². The number of hydrogen-bond acceptors (Lipinski definition) is 7. The summed E-state index contributed by atoms with van der Waals surface area (Å²) < 4.78 is 12.9. The molecule has 2 aromatic heterocycles. The lowest BCUT2D eigenvalue weighted by atomic mass is 9.90. The lowest BCUT2D eigenvalue weighted by Gasteiger charge is -2.34. The standard InChI is InChI=1S/C14H18N4O3S/c1-8-11(15-9(2)22-8)5-18-6-12(16-17-18)14(19)4-3-10-7-20-13(14)21-10/h6,10,13,19H,3-5,7H2,1-2H3/t10-,13+,14?/m0/s1. The van der Waals surface area contributed by atoms with E-state index in [1.165, 1.54) is 4.88 Å². The lowest BCUT2D eigenvalue weighted by molar-refractivity contribution is -0.219. The van der Waals surface area contributed by atoms with Gasteiger partial charge in [0.05, 0.1) is 36.2 Å². The molecule has 2 saturated heterocycles. The first-order chi connectivity index (χ1) is 10.5. The molecule has 2 fully saturated rings. The van der Waals surface area contributed by atoms with Gasteiger partial charge in [0, 0.05) is 4.88 Å². The second-order valence-corrected chi connectivity index (χ2v) is 7.33. The van der Waals surface area contributed by atoms with Crippen LogP contribution in [-0.2, 0) is 21.6 Å². The van der Waals surface area contributed by atoms with Gasteiger partial charge in [-0.3, -0.25) is 0 Å². The van der Waals surface area contributed by atoms with Gasteiger partial charge in [0.25, 0.3) is 0 Å². The molecule has 2 aliphatic rings. The molecule has 1 unspecified atom stereocenters. The molecular weight excluding hydrogens is 304 g/mol. The summed E-state index contributed by atoms with van der Waals surface area (Å²) >= 11 is 1.67. The molecule has 4 rings (SSSR count). The van der Waals surface area contributed by atoms with Crippen molar-refractivity contribution in [1.29, 1.82) is 0 Å². The van der Waals surface area contributed by atoms with Crippen LogP contribution >= 0.6 is 11.3 Å². The average Bonchev–Trinajstić information content (AvgIpc) is 3.17. The Morgan fingerprint density at radius 2 is 2.36 bits per heavy atom. The molecule has 1 N–H and O–H groups in total. The molecule has 8 heteroatoms. The van der Waals surface area contributed by atoms with Crippen LogP contribution in [0, 0.1) is 13.8 Å². The maximum Gasteiger partial charge on any atom is 0.192 e. The summed E-state index contributed by atoms with van der Waals surface area (Å²) in [5.41, 5.74) is 0.281. The molecule has 0 aliphatic carbocycles. The number of nitrogens with zero attached hydrogens (tertiary/aromatic N) is 4. The molecule has 22 heavy (non-hydrogen) atoms. The molecule has 2 aromatic rings. The van der Waals surface area contributed by atoms with E-state index in [2.05, 4.69) is 15.3 Å². The number of ether oxygens (including phenoxy) is 2. The summed E-state index contributed by atoms with van der Waals surface area (Å²) in [6, 6.07) is 0. The predicted molar refractivity (Wildman–Crippen MR) is 78.5 cm³/mol. The van der Waals surface area contributed by atoms with Crippen LogP contribution in [0.25, 0.3) is 0 Å². The number of aryl methyl sites for hydroxylation is 2. The number of thiazole rings is 1. The van der Waals surface area contributed by atoms with Gasteiger partial charge < -0.3 is 14.6 Å². The first-order valence-corrected chi connectivity index (χ1v) is 8.19. The van der Waals surface area contributed by atoms with Crippen molar-refractivity contribution >= 4 is 11.3 Å². The number of hydrogen-bond donors (Lipinski definition) is 1. The van der Waals surface area contributed by atoms with Gasteiger partial charge in [-0.2, -0.15) is 0 Å². The highest BCUT2D eigenvalue weighted by Crippen LogP contribution is 2.40. The van der Waals surface area contributed by atoms with Gasteiger partial charge in [-0.1, -0.05) is 5.21 Å². The van der Waals surface area contributed by atoms with E-state index in [9.17, 15) is 5.11 Å². The van der Waals surface area contributed by atoms with E-state index in [4.69, 9.17) is 9.47 Å². The van der Waals surface area contributed by atoms with Crippen LogP contribution in [0.1, 0.15) is 34.1 Å². The molecule has 0 saturated carbocycles. The number of aromatic nitrogens is 4. The zero-order chi connectivity index (χ0) is 15.3. The summed E-state index contributed by atoms with van der Waals surface area (Å²) in [5.74, 6) is 0. The predicted octanol–water partition coefficient (Wildman–Crippen LogP) is 1.12. The van der Waals surface area contributed by atoms with Crippen LogP contribution in [0.3, 0.4) is 0 Å². The Hall–Kier alpha value is -1.35. The molecule has 0 spiro atoms. The molecule has 3 atom stereocenters. The molecule has 2 aliphatic heterocycles. The zero-order valence-corrected chi connectivity index (χ0v) is 13.3. The Kier molecular flexibility index (Phi) is 3.30. The second kappa shape index (κ2) is 5.09. The highest BCUT2D eigenvalue weighted by molar-refractivity contribution is 7.11. The van der Waals surface area contributed by atoms with Crippen LogP contribution in [0.4, 0.5) is 0 Å². The van der Waals surface area contributed by atoms with Crippen LogP contribution < -0.4 is 0 Å². The van der Waals surface area contributed by atoms with Crippen molar-refractivity contribution in [2.75, 3.05) is 6.61 Å². The van der Waals surface area contributed by atoms with Gasteiger partial charge in [-0.15, -0.1) is 16.4 Å². The molecule has 2 bridgehead atoms. The maximum absolute atomic E-state index is 10.9. The SMILES string of the molecule is Cc1nc(Cn2cc(C3(O)CC[C@H]4CO[C@@H]3O4)nn2)c(C)s1. The van der Waals surface area contributed by atoms with E-state index in [1.54, 1.807) is 22.2 Å². The minimum Gasteiger partial charge on any atom is -0.378 e. The second-order valence-electron chi connectivity index (χ2n) is 5.92. The monoisotopic (exact) mass is 322 g/mol. The normalized spacial score (nSPS) is 30.9. The van der Waals surface area contributed by atoms with Crippen molar-refractivity contribution in [2.45, 2.75) is 51.2 Å². The quantitative estimate of drug-likeness (QED) is 0.912. The summed E-state index contributed by atoms with van der Waals surface area (Å²) in [5, 5.41) is 20.2. The van der Waals surface area contributed by atoms with Gasteiger partial charge in [0.1, 0.15) is 5.69 Å². The van der Waals surface area contributed by atoms with E-state index in [1.807, 2.05) is 13.8 Å². The first-order valence-electron chi connectivity index (χ1n) is 7.37. The van der Waals surface area contributed by atoms with Crippen molar-refractivity contribution in [3.8, 4) is 0 Å². The third-order valence-corrected chi connectivity index (χ3v) is 5.21. The Balaban J connectivity index is 1.57. The fraction of sp³-hybridized carbons (Fsp3) is 0.643. The van der Waals surface area contributed by atoms with Gasteiger partial charge in [0.2, 0.25) is 0 Å². The van der Waals surface area contributed by atoms with Crippen molar-refractivity contribution in [3.05, 3.63) is 27.5 Å². The Labute approximate surface area is 131 Å². The van der Waals surface area contributed by atoms with Crippen molar-refractivity contribution in [2.24, 2.45) is 0 Å². The van der Waals surface area contributed by atoms with Gasteiger partial charge in [-0.25, -0.2) is 9.67 Å². The number of rotatable bonds is 3. The van der Waals surface area contributed by atoms with Crippen LogP contribution in [0.15, 0.2) is 6.20 Å². The minimum absolute atomic E-state index is 0.0981. The van der Waals surface area contributed by atoms with Crippen LogP contribution in [-0.4, -0.2) is 44.1 Å². The highest BCUT2D eigenvalue weighted by atomic mass is 32.1. The van der Waals surface area contributed by atoms with Crippen molar-refractivity contribution < 1.29 is 14.6 Å². The summed E-state index contributed by atoms with van der Waals surface area (Å²) in [7, 11) is 0. The van der Waals surface area contributed by atoms with Crippen LogP contribution in [0.5, 0.6) is 0 Å². The molecule has 4 heterocycles. The Morgan fingerprint density at radius 3 is 3.14 bits per heavy atom. The fourth-order valence-electron chi connectivity index (χ4n) is 3.04. The summed E-state index contributed by atoms with van der Waals surface area (Å²) in [6.45, 7) is 5.13. The molecule has 7 nitrogen and oxygen atoms in total. The van der Waals surface area contributed by atoms with E-state index in [0.29, 0.717) is 25.3 Å². The fourth-order valence-corrected chi connectivity index (χ4v) is 3.87. The van der Waals surface area contributed by atoms with E-state index in [-0.39, 0.29) is 6.10 Å². The van der Waals surface area contributed by atoms with Gasteiger partial charge in [-0.05, 0) is 26.7 Å². The number of aliphatic hydroxyl groups is 1. The Morgan fingerprint density at radius 1 is 1.50 bits per heavy atom. The molecular formula is C14H18N4O3S. The Bertz CT molecular complexity index is 700. The van der Waals surface area contributed by atoms with Gasteiger partial charge >= 0.3 is 0 Å². The smallest absolute Gasteiger partial charge is 0.192 e. The van der Waals surface area contributed by atoms with Crippen molar-refractivity contribution in [3.63, 3.8) is 0 Å². The summed E-state index contributed by atoms with van der Waals surface area (Å²) in [4.78, 5) is 5.68. The average molecular weight is 322 g/mol. The number of fused-ring (bicyclic) bond motifs is 2.